The van der Waals surface area contributed by atoms with Gasteiger partial charge < -0.3 is 0 Å². The molecule has 15 heteroatoms. The average molecular weight is 952 g/mol. The molecule has 0 atom stereocenters. The van der Waals surface area contributed by atoms with Gasteiger partial charge in [0.2, 0.25) is 0 Å². The lowest BCUT2D eigenvalue weighted by atomic mass is 10.4. The van der Waals surface area contributed by atoms with E-state index in [1.54, 1.807) is 55.9 Å². The minimum atomic E-state index is 0.792. The standard InChI is InChI=1S/C6H9N3.6C6H8N2.6C2H6/c1-4-7-5(2)9-6(3)8-4;2*1-5-3-8-6(2)4-7-5;1-5-3-7-4-6(2)8-5;1-5-3-6(2)8-4-7-5;2*1-5-3-4-7-6(2)8-5;6*1-2/h1-3H3;6*3-4H,1-2H3;6*1-2H3. The zero-order chi connectivity index (χ0) is 54.8. The van der Waals surface area contributed by atoms with E-state index in [0.717, 1.165) is 86.1 Å². The van der Waals surface area contributed by atoms with Crippen molar-refractivity contribution in [1.29, 1.82) is 0 Å². The van der Waals surface area contributed by atoms with E-state index in [-0.39, 0.29) is 0 Å². The van der Waals surface area contributed by atoms with Crippen molar-refractivity contribution in [2.45, 2.75) is 187 Å². The highest BCUT2D eigenvalue weighted by atomic mass is 15.0. The van der Waals surface area contributed by atoms with Gasteiger partial charge in [-0.05, 0) is 122 Å². The molecule has 0 N–H and O–H groups in total. The Hall–Kier alpha value is -6.51. The number of rotatable bonds is 0. The number of aromatic nitrogens is 15. The Labute approximate surface area is 420 Å². The molecule has 0 bridgehead atoms. The van der Waals surface area contributed by atoms with E-state index < -0.39 is 0 Å². The fourth-order valence-corrected chi connectivity index (χ4v) is 4.02. The highest BCUT2D eigenvalue weighted by Crippen LogP contribution is 1.94. The average Bonchev–Trinajstić information content (AvgIpc) is 3.33. The van der Waals surface area contributed by atoms with Gasteiger partial charge >= 0.3 is 0 Å². The monoisotopic (exact) mass is 952 g/mol. The van der Waals surface area contributed by atoms with Gasteiger partial charge in [0, 0.05) is 72.4 Å². The Morgan fingerprint density at radius 2 is 0.507 bits per heavy atom. The number of hydrogen-bond acceptors (Lipinski definition) is 15. The van der Waals surface area contributed by atoms with Crippen molar-refractivity contribution in [2.24, 2.45) is 0 Å². The summed E-state index contributed by atoms with van der Waals surface area (Å²) in [6.45, 7) is 52.7. The molecule has 0 aliphatic rings. The van der Waals surface area contributed by atoms with Crippen molar-refractivity contribution in [3.05, 3.63) is 160 Å². The summed E-state index contributed by atoms with van der Waals surface area (Å²) in [6, 6.07) is 5.71. The molecular weight excluding hydrogens is 859 g/mol. The molecule has 0 fully saturated rings. The van der Waals surface area contributed by atoms with Crippen LogP contribution in [0.3, 0.4) is 0 Å². The van der Waals surface area contributed by atoms with Crippen LogP contribution in [0.1, 0.15) is 169 Å². The van der Waals surface area contributed by atoms with Crippen LogP contribution in [0.4, 0.5) is 0 Å². The van der Waals surface area contributed by atoms with Crippen LogP contribution in [0.15, 0.2) is 74.1 Å². The van der Waals surface area contributed by atoms with Crippen molar-refractivity contribution in [2.75, 3.05) is 0 Å². The van der Waals surface area contributed by atoms with Crippen molar-refractivity contribution in [1.82, 2.24) is 74.8 Å². The summed E-state index contributed by atoms with van der Waals surface area (Å²) < 4.78 is 0. The highest BCUT2D eigenvalue weighted by Gasteiger charge is 1.92. The Bertz CT molecular complexity index is 1780. The summed E-state index contributed by atoms with van der Waals surface area (Å²) in [7, 11) is 0. The largest absolute Gasteiger partial charge is 0.261 e. The normalized spacial score (nSPS) is 8.22. The van der Waals surface area contributed by atoms with E-state index in [2.05, 4.69) is 74.8 Å². The van der Waals surface area contributed by atoms with Crippen molar-refractivity contribution in [3.8, 4) is 0 Å². The van der Waals surface area contributed by atoms with Gasteiger partial charge in [0.05, 0.1) is 34.2 Å². The zero-order valence-corrected chi connectivity index (χ0v) is 48.1. The molecule has 0 saturated heterocycles. The maximum atomic E-state index is 4.11. The first-order chi connectivity index (χ1) is 32.9. The van der Waals surface area contributed by atoms with Gasteiger partial charge in [-0.3, -0.25) is 29.9 Å². The van der Waals surface area contributed by atoms with Crippen molar-refractivity contribution in [3.63, 3.8) is 0 Å². The zero-order valence-electron chi connectivity index (χ0n) is 48.1. The molecular formula is C54H93N15. The second kappa shape index (κ2) is 52.5. The second-order valence-electron chi connectivity index (χ2n) is 12.7. The van der Waals surface area contributed by atoms with Gasteiger partial charge in [0.25, 0.3) is 0 Å². The van der Waals surface area contributed by atoms with E-state index in [0.29, 0.717) is 0 Å². The maximum absolute atomic E-state index is 4.11. The Morgan fingerprint density at radius 3 is 0.667 bits per heavy atom. The topological polar surface area (TPSA) is 193 Å². The molecule has 7 aromatic rings. The molecule has 384 valence electrons. The van der Waals surface area contributed by atoms with Crippen LogP contribution in [0.25, 0.3) is 0 Å². The second-order valence-corrected chi connectivity index (χ2v) is 12.7. The Morgan fingerprint density at radius 1 is 0.232 bits per heavy atom. The molecule has 7 heterocycles. The van der Waals surface area contributed by atoms with Gasteiger partial charge in [-0.25, -0.2) is 44.9 Å². The number of aryl methyl sites for hydroxylation is 15. The number of nitrogens with zero attached hydrogens (tertiary/aromatic N) is 15. The summed E-state index contributed by atoms with van der Waals surface area (Å²) in [4.78, 5) is 60.0. The molecule has 69 heavy (non-hydrogen) atoms. The lowest BCUT2D eigenvalue weighted by Gasteiger charge is -1.94. The summed E-state index contributed by atoms with van der Waals surface area (Å²) in [5.74, 6) is 4.05. The molecule has 0 amide bonds. The predicted molar refractivity (Wildman–Crippen MR) is 291 cm³/mol. The van der Waals surface area contributed by atoms with Crippen LogP contribution in [-0.4, -0.2) is 74.8 Å². The first-order valence-corrected chi connectivity index (χ1v) is 24.1. The van der Waals surface area contributed by atoms with Crippen LogP contribution >= 0.6 is 0 Å². The Balaban J connectivity index is -0.000000162. The molecule has 7 rings (SSSR count). The molecule has 0 aliphatic carbocycles. The third-order valence-electron chi connectivity index (χ3n) is 6.44. The molecule has 0 radical (unpaired) electrons. The van der Waals surface area contributed by atoms with Crippen LogP contribution in [-0.2, 0) is 0 Å². The molecule has 7 aromatic heterocycles. The molecule has 0 aromatic carbocycles. The molecule has 0 unspecified atom stereocenters. The van der Waals surface area contributed by atoms with Gasteiger partial charge in [0.1, 0.15) is 35.4 Å². The first-order valence-electron chi connectivity index (χ1n) is 24.1. The highest BCUT2D eigenvalue weighted by molar-refractivity contribution is 5.04. The van der Waals surface area contributed by atoms with Crippen LogP contribution < -0.4 is 0 Å². The summed E-state index contributed by atoms with van der Waals surface area (Å²) in [5.41, 5.74) is 9.93. The minimum Gasteiger partial charge on any atom is -0.261 e. The minimum absolute atomic E-state index is 0.792. The Kier molecular flexibility index (Phi) is 56.3. The third kappa shape index (κ3) is 50.7. The van der Waals surface area contributed by atoms with Gasteiger partial charge in [-0.1, -0.05) is 83.1 Å². The molecule has 0 saturated carbocycles. The van der Waals surface area contributed by atoms with Crippen LogP contribution in [0.2, 0.25) is 0 Å². The fourth-order valence-electron chi connectivity index (χ4n) is 4.02. The third-order valence-corrected chi connectivity index (χ3v) is 6.44. The van der Waals surface area contributed by atoms with Crippen LogP contribution in [0.5, 0.6) is 0 Å². The maximum Gasteiger partial charge on any atom is 0.129 e. The van der Waals surface area contributed by atoms with Gasteiger partial charge in [0.15, 0.2) is 0 Å². The van der Waals surface area contributed by atoms with Gasteiger partial charge in [-0.2, -0.15) is 0 Å². The summed E-state index contributed by atoms with van der Waals surface area (Å²) in [5, 5.41) is 0. The summed E-state index contributed by atoms with van der Waals surface area (Å²) in [6.07, 6.45) is 15.6. The lowest BCUT2D eigenvalue weighted by Crippen LogP contribution is -1.97. The lowest BCUT2D eigenvalue weighted by molar-refractivity contribution is 0.875. The van der Waals surface area contributed by atoms with E-state index in [1.807, 2.05) is 205 Å². The predicted octanol–water partition coefficient (Wildman–Crippen LogP) is 13.5. The number of hydrogen-bond donors (Lipinski definition) is 0. The SMILES string of the molecule is CC.CC.CC.CC.CC.CC.Cc1cc(C)ncn1.Cc1ccnc(C)n1.Cc1ccnc(C)n1.Cc1cnc(C)cn1.Cc1cnc(C)cn1.Cc1cncc(C)n1.Cc1nc(C)nc(C)n1. The molecule has 15 nitrogen and oxygen atoms in total. The fraction of sp³-hybridized carbons (Fsp3) is 0.500. The van der Waals surface area contributed by atoms with E-state index in [1.165, 1.54) is 0 Å². The quantitative estimate of drug-likeness (QED) is 0.139. The summed E-state index contributed by atoms with van der Waals surface area (Å²) >= 11 is 0. The van der Waals surface area contributed by atoms with Gasteiger partial charge in [-0.15, -0.1) is 0 Å². The van der Waals surface area contributed by atoms with E-state index >= 15 is 0 Å². The smallest absolute Gasteiger partial charge is 0.129 e. The van der Waals surface area contributed by atoms with E-state index in [4.69, 9.17) is 0 Å². The molecule has 0 aliphatic heterocycles. The first kappa shape index (κ1) is 74.0. The van der Waals surface area contributed by atoms with Crippen molar-refractivity contribution < 1.29 is 0 Å². The van der Waals surface area contributed by atoms with Crippen molar-refractivity contribution >= 4 is 0 Å². The van der Waals surface area contributed by atoms with E-state index in [9.17, 15) is 0 Å². The van der Waals surface area contributed by atoms with Crippen LogP contribution in [0, 0.1) is 104 Å². The molecule has 0 spiro atoms.